The number of ether oxygens (including phenoxy) is 1. The summed E-state index contributed by atoms with van der Waals surface area (Å²) in [4.78, 5) is 14.0. The van der Waals surface area contributed by atoms with Crippen LogP contribution >= 0.6 is 0 Å². The van der Waals surface area contributed by atoms with Crippen LogP contribution in [0.4, 0.5) is 0 Å². The quantitative estimate of drug-likeness (QED) is 0.553. The van der Waals surface area contributed by atoms with Crippen LogP contribution in [0.3, 0.4) is 0 Å². The molecule has 0 saturated heterocycles. The van der Waals surface area contributed by atoms with E-state index in [1.807, 2.05) is 0 Å². The maximum atomic E-state index is 10.2. The largest absolute Gasteiger partial charge is 0.478 e. The van der Waals surface area contributed by atoms with Crippen molar-refractivity contribution < 1.29 is 14.6 Å². The molecule has 0 aromatic rings. The van der Waals surface area contributed by atoms with Gasteiger partial charge in [-0.2, -0.15) is 0 Å². The zero-order chi connectivity index (χ0) is 7.56. The number of aliphatic imine (C=N–C) groups is 1. The summed E-state index contributed by atoms with van der Waals surface area (Å²) >= 11 is 0. The van der Waals surface area contributed by atoms with Crippen LogP contribution in [0.25, 0.3) is 0 Å². The van der Waals surface area contributed by atoms with Gasteiger partial charge in [0.15, 0.2) is 0 Å². The van der Waals surface area contributed by atoms with Gasteiger partial charge in [0.05, 0.1) is 6.54 Å². The van der Waals surface area contributed by atoms with Gasteiger partial charge in [-0.1, -0.05) is 6.58 Å². The number of carbonyl (C=O) groups is 1. The summed E-state index contributed by atoms with van der Waals surface area (Å²) < 4.78 is 4.85. The second kappa shape index (κ2) is 2.51. The standard InChI is InChI=1S/C6H7NO3/c1-4(6(8)9)5-7-2-3-10-5/h1-3H2,(H,8,9). The number of aliphatic carboxylic acids is 1. The fraction of sp³-hybridized carbons (Fsp3) is 0.333. The molecule has 0 radical (unpaired) electrons. The second-order valence-electron chi connectivity index (χ2n) is 1.82. The molecule has 1 heterocycles. The molecule has 4 nitrogen and oxygen atoms in total. The van der Waals surface area contributed by atoms with E-state index in [-0.39, 0.29) is 11.5 Å². The van der Waals surface area contributed by atoms with Gasteiger partial charge in [-0.3, -0.25) is 0 Å². The fourth-order valence-corrected chi connectivity index (χ4v) is 0.609. The molecular weight excluding hydrogens is 134 g/mol. The molecule has 1 N–H and O–H groups in total. The zero-order valence-corrected chi connectivity index (χ0v) is 5.33. The lowest BCUT2D eigenvalue weighted by Crippen LogP contribution is -2.10. The molecule has 0 aromatic heterocycles. The Morgan fingerprint density at radius 1 is 1.80 bits per heavy atom. The lowest BCUT2D eigenvalue weighted by Gasteiger charge is -1.97. The molecule has 10 heavy (non-hydrogen) atoms. The van der Waals surface area contributed by atoms with Crippen LogP contribution in [0, 0.1) is 0 Å². The summed E-state index contributed by atoms with van der Waals surface area (Å²) in [7, 11) is 0. The SMILES string of the molecule is C=C(C(=O)O)C1=NCCO1. The van der Waals surface area contributed by atoms with Crippen molar-refractivity contribution in [3.63, 3.8) is 0 Å². The van der Waals surface area contributed by atoms with Crippen LogP contribution in [0.5, 0.6) is 0 Å². The van der Waals surface area contributed by atoms with E-state index in [0.29, 0.717) is 13.2 Å². The third-order valence-corrected chi connectivity index (χ3v) is 1.10. The minimum atomic E-state index is -1.08. The number of carboxylic acids is 1. The molecule has 54 valence electrons. The van der Waals surface area contributed by atoms with Gasteiger partial charge in [-0.05, 0) is 0 Å². The lowest BCUT2D eigenvalue weighted by molar-refractivity contribution is -0.132. The highest BCUT2D eigenvalue weighted by Crippen LogP contribution is 2.02. The molecule has 4 heteroatoms. The average Bonchev–Trinajstić information content (AvgIpc) is 2.36. The van der Waals surface area contributed by atoms with Gasteiger partial charge in [-0.15, -0.1) is 0 Å². The molecule has 0 amide bonds. The monoisotopic (exact) mass is 141 g/mol. The Morgan fingerprint density at radius 2 is 2.50 bits per heavy atom. The van der Waals surface area contributed by atoms with Gasteiger partial charge in [0.2, 0.25) is 5.90 Å². The smallest absolute Gasteiger partial charge is 0.340 e. The van der Waals surface area contributed by atoms with E-state index in [1.54, 1.807) is 0 Å². The van der Waals surface area contributed by atoms with Crippen LogP contribution in [0.15, 0.2) is 17.1 Å². The van der Waals surface area contributed by atoms with Crippen molar-refractivity contribution in [1.82, 2.24) is 0 Å². The maximum Gasteiger partial charge on any atom is 0.340 e. The van der Waals surface area contributed by atoms with Crippen LogP contribution in [-0.2, 0) is 9.53 Å². The van der Waals surface area contributed by atoms with E-state index >= 15 is 0 Å². The third-order valence-electron chi connectivity index (χ3n) is 1.10. The Balaban J connectivity index is 2.65. The lowest BCUT2D eigenvalue weighted by atomic mass is 10.3. The Bertz CT molecular complexity index is 207. The fourth-order valence-electron chi connectivity index (χ4n) is 0.609. The molecule has 0 atom stereocenters. The van der Waals surface area contributed by atoms with E-state index in [0.717, 1.165) is 0 Å². The number of rotatable bonds is 2. The molecular formula is C6H7NO3. The minimum Gasteiger partial charge on any atom is -0.478 e. The highest BCUT2D eigenvalue weighted by atomic mass is 16.5. The molecule has 0 aliphatic carbocycles. The van der Waals surface area contributed by atoms with Crippen LogP contribution < -0.4 is 0 Å². The van der Waals surface area contributed by atoms with E-state index in [1.165, 1.54) is 0 Å². The van der Waals surface area contributed by atoms with Crippen LogP contribution in [0.2, 0.25) is 0 Å². The molecule has 0 bridgehead atoms. The number of nitrogens with zero attached hydrogens (tertiary/aromatic N) is 1. The van der Waals surface area contributed by atoms with E-state index in [9.17, 15) is 4.79 Å². The van der Waals surface area contributed by atoms with Crippen LogP contribution in [-0.4, -0.2) is 30.1 Å². The van der Waals surface area contributed by atoms with E-state index < -0.39 is 5.97 Å². The Kier molecular flexibility index (Phi) is 1.71. The number of hydrogen-bond donors (Lipinski definition) is 1. The Hall–Kier alpha value is -1.32. The molecule has 1 aliphatic rings. The molecule has 1 rings (SSSR count). The van der Waals surface area contributed by atoms with Crippen molar-refractivity contribution in [3.05, 3.63) is 12.2 Å². The van der Waals surface area contributed by atoms with Crippen LogP contribution in [0.1, 0.15) is 0 Å². The van der Waals surface area contributed by atoms with Crippen molar-refractivity contribution in [2.75, 3.05) is 13.2 Å². The summed E-state index contributed by atoms with van der Waals surface area (Å²) in [6.45, 7) is 4.27. The van der Waals surface area contributed by atoms with Gasteiger partial charge < -0.3 is 9.84 Å². The highest BCUT2D eigenvalue weighted by Gasteiger charge is 2.16. The second-order valence-corrected chi connectivity index (χ2v) is 1.82. The number of hydrogen-bond acceptors (Lipinski definition) is 3. The van der Waals surface area contributed by atoms with Crippen molar-refractivity contribution in [1.29, 1.82) is 0 Å². The highest BCUT2D eigenvalue weighted by molar-refractivity contribution is 6.15. The first-order valence-corrected chi connectivity index (χ1v) is 2.81. The maximum absolute atomic E-state index is 10.2. The molecule has 0 spiro atoms. The summed E-state index contributed by atoms with van der Waals surface area (Å²) in [5.74, 6) is -0.923. The van der Waals surface area contributed by atoms with Crippen molar-refractivity contribution in [2.24, 2.45) is 4.99 Å². The predicted octanol–water partition coefficient (Wildman–Crippen LogP) is 0.0559. The Labute approximate surface area is 57.8 Å². The van der Waals surface area contributed by atoms with E-state index in [4.69, 9.17) is 9.84 Å². The van der Waals surface area contributed by atoms with Gasteiger partial charge in [0.1, 0.15) is 12.2 Å². The summed E-state index contributed by atoms with van der Waals surface area (Å²) in [6.07, 6.45) is 0. The average molecular weight is 141 g/mol. The molecule has 0 unspecified atom stereocenters. The Morgan fingerprint density at radius 3 is 2.90 bits per heavy atom. The molecule has 0 saturated carbocycles. The topological polar surface area (TPSA) is 58.9 Å². The van der Waals surface area contributed by atoms with Gasteiger partial charge in [0.25, 0.3) is 0 Å². The number of carboxylic acid groups (broad SMARTS) is 1. The first-order chi connectivity index (χ1) is 4.72. The first kappa shape index (κ1) is 6.80. The van der Waals surface area contributed by atoms with E-state index in [2.05, 4.69) is 11.6 Å². The predicted molar refractivity (Wildman–Crippen MR) is 35.0 cm³/mol. The molecule has 1 aliphatic heterocycles. The normalized spacial score (nSPS) is 15.8. The zero-order valence-electron chi connectivity index (χ0n) is 5.33. The summed E-state index contributed by atoms with van der Waals surface area (Å²) in [6, 6.07) is 0. The van der Waals surface area contributed by atoms with Crippen molar-refractivity contribution >= 4 is 11.9 Å². The summed E-state index contributed by atoms with van der Waals surface area (Å²) in [5.41, 5.74) is -0.0718. The van der Waals surface area contributed by atoms with Gasteiger partial charge in [0, 0.05) is 0 Å². The van der Waals surface area contributed by atoms with Gasteiger partial charge >= 0.3 is 5.97 Å². The minimum absolute atomic E-state index is 0.0718. The molecule has 0 fully saturated rings. The third kappa shape index (κ3) is 1.15. The first-order valence-electron chi connectivity index (χ1n) is 2.81. The summed E-state index contributed by atoms with van der Waals surface area (Å²) in [5, 5.41) is 8.38. The van der Waals surface area contributed by atoms with Crippen molar-refractivity contribution in [2.45, 2.75) is 0 Å². The van der Waals surface area contributed by atoms with Gasteiger partial charge in [-0.25, -0.2) is 9.79 Å². The molecule has 0 aromatic carbocycles. The van der Waals surface area contributed by atoms with Crippen molar-refractivity contribution in [3.8, 4) is 0 Å².